The maximum Gasteiger partial charge on any atom is 0.246 e. The van der Waals surface area contributed by atoms with Gasteiger partial charge in [-0.2, -0.15) is 0 Å². The number of aromatic nitrogens is 2. The number of amides is 4. The van der Waals surface area contributed by atoms with Gasteiger partial charge in [-0.3, -0.25) is 19.2 Å². The van der Waals surface area contributed by atoms with Crippen LogP contribution >= 0.6 is 0 Å². The number of aliphatic hydroxyl groups is 1. The number of carbonyl (C=O) groups is 4. The van der Waals surface area contributed by atoms with E-state index in [1.807, 2.05) is 0 Å². The van der Waals surface area contributed by atoms with Gasteiger partial charge in [-0.15, -0.1) is 0 Å². The number of hydrogen-bond acceptors (Lipinski definition) is 6. The summed E-state index contributed by atoms with van der Waals surface area (Å²) in [5.41, 5.74) is 5.96. The standard InChI is InChI=1S/C16H22N6O5/c17-14(25)12-4-9(23)6-22(12)16(27)11(3-8-5-18-7-19-8)21-15(26)10-1-2-13(24)20-10/h5,7,9-12,23H,1-4,6H2,(H2,17,25)(H,18,19)(H,20,24)(H,21,26)/t9-,10-,11-,12-/m0/s1. The highest BCUT2D eigenvalue weighted by Gasteiger charge is 2.41. The van der Waals surface area contributed by atoms with E-state index < -0.39 is 42.0 Å². The summed E-state index contributed by atoms with van der Waals surface area (Å²) in [6, 6.07) is -2.63. The molecular weight excluding hydrogens is 356 g/mol. The molecule has 6 N–H and O–H groups in total. The SMILES string of the molecule is NC(=O)[C@@H]1C[C@H](O)CN1C(=O)[C@H](Cc1cnc[nH]1)NC(=O)[C@@H]1CCC(=O)N1. The number of imidazole rings is 1. The average molecular weight is 378 g/mol. The molecule has 0 unspecified atom stereocenters. The quantitative estimate of drug-likeness (QED) is 0.357. The molecule has 11 heteroatoms. The molecule has 4 atom stereocenters. The zero-order valence-corrected chi connectivity index (χ0v) is 14.6. The molecule has 0 aliphatic carbocycles. The minimum Gasteiger partial charge on any atom is -0.391 e. The predicted molar refractivity (Wildman–Crippen MR) is 90.7 cm³/mol. The molecule has 146 valence electrons. The maximum absolute atomic E-state index is 13.0. The lowest BCUT2D eigenvalue weighted by Gasteiger charge is -2.28. The topological polar surface area (TPSA) is 171 Å². The molecule has 4 amide bonds. The maximum atomic E-state index is 13.0. The fourth-order valence-electron chi connectivity index (χ4n) is 3.43. The van der Waals surface area contributed by atoms with Gasteiger partial charge >= 0.3 is 0 Å². The van der Waals surface area contributed by atoms with Crippen molar-refractivity contribution in [3.8, 4) is 0 Å². The molecule has 3 heterocycles. The van der Waals surface area contributed by atoms with Crippen molar-refractivity contribution in [1.82, 2.24) is 25.5 Å². The number of primary amides is 1. The minimum atomic E-state index is -0.998. The molecular formula is C16H22N6O5. The number of rotatable bonds is 6. The Bertz CT molecular complexity index is 736. The smallest absolute Gasteiger partial charge is 0.246 e. The van der Waals surface area contributed by atoms with Crippen molar-refractivity contribution < 1.29 is 24.3 Å². The molecule has 2 aliphatic rings. The third kappa shape index (κ3) is 4.25. The van der Waals surface area contributed by atoms with Crippen LogP contribution in [0, 0.1) is 0 Å². The lowest BCUT2D eigenvalue weighted by Crippen LogP contribution is -2.56. The molecule has 2 aliphatic heterocycles. The monoisotopic (exact) mass is 378 g/mol. The molecule has 2 saturated heterocycles. The molecule has 0 spiro atoms. The molecule has 0 bridgehead atoms. The summed E-state index contributed by atoms with van der Waals surface area (Å²) >= 11 is 0. The van der Waals surface area contributed by atoms with E-state index in [4.69, 9.17) is 5.73 Å². The van der Waals surface area contributed by atoms with E-state index >= 15 is 0 Å². The number of aromatic amines is 1. The Kier molecular flexibility index (Phi) is 5.40. The summed E-state index contributed by atoms with van der Waals surface area (Å²) in [5.74, 6) is -1.94. The van der Waals surface area contributed by atoms with Crippen LogP contribution in [0.2, 0.25) is 0 Å². The van der Waals surface area contributed by atoms with Gasteiger partial charge < -0.3 is 31.4 Å². The Morgan fingerprint density at radius 2 is 2.22 bits per heavy atom. The van der Waals surface area contributed by atoms with E-state index in [9.17, 15) is 24.3 Å². The highest BCUT2D eigenvalue weighted by Crippen LogP contribution is 2.20. The van der Waals surface area contributed by atoms with Crippen molar-refractivity contribution in [3.63, 3.8) is 0 Å². The van der Waals surface area contributed by atoms with E-state index in [1.165, 1.54) is 17.4 Å². The Hall–Kier alpha value is -2.95. The number of nitrogens with two attached hydrogens (primary N) is 1. The van der Waals surface area contributed by atoms with Crippen LogP contribution in [0.3, 0.4) is 0 Å². The van der Waals surface area contributed by atoms with Gasteiger partial charge in [0, 0.05) is 37.7 Å². The Balaban J connectivity index is 1.76. The normalized spacial score (nSPS) is 25.9. The lowest BCUT2D eigenvalue weighted by atomic mass is 10.1. The van der Waals surface area contributed by atoms with E-state index in [2.05, 4.69) is 20.6 Å². The predicted octanol–water partition coefficient (Wildman–Crippen LogP) is -2.84. The van der Waals surface area contributed by atoms with Crippen molar-refractivity contribution >= 4 is 23.6 Å². The summed E-state index contributed by atoms with van der Waals surface area (Å²) in [7, 11) is 0. The minimum absolute atomic E-state index is 0.0397. The zero-order chi connectivity index (χ0) is 19.6. The Morgan fingerprint density at radius 3 is 2.81 bits per heavy atom. The highest BCUT2D eigenvalue weighted by molar-refractivity contribution is 5.95. The zero-order valence-electron chi connectivity index (χ0n) is 14.6. The first kappa shape index (κ1) is 18.8. The Labute approximate surface area is 154 Å². The molecule has 1 aromatic heterocycles. The van der Waals surface area contributed by atoms with Gasteiger partial charge in [0.15, 0.2) is 0 Å². The van der Waals surface area contributed by atoms with Gasteiger partial charge in [-0.25, -0.2) is 4.98 Å². The number of nitrogens with one attached hydrogen (secondary N) is 3. The molecule has 2 fully saturated rings. The average Bonchev–Trinajstić information content (AvgIpc) is 3.34. The summed E-state index contributed by atoms with van der Waals surface area (Å²) in [6.07, 6.45) is 2.88. The van der Waals surface area contributed by atoms with Crippen molar-refractivity contribution in [2.75, 3.05) is 6.54 Å². The van der Waals surface area contributed by atoms with Crippen molar-refractivity contribution in [2.24, 2.45) is 5.73 Å². The van der Waals surface area contributed by atoms with Gasteiger partial charge in [0.1, 0.15) is 18.1 Å². The number of hydrogen-bond donors (Lipinski definition) is 5. The number of H-pyrrole nitrogens is 1. The van der Waals surface area contributed by atoms with Gasteiger partial charge in [0.2, 0.25) is 23.6 Å². The molecule has 1 aromatic rings. The number of aliphatic hydroxyl groups excluding tert-OH is 1. The third-order valence-electron chi connectivity index (χ3n) is 4.80. The van der Waals surface area contributed by atoms with Crippen LogP contribution in [0.25, 0.3) is 0 Å². The summed E-state index contributed by atoms with van der Waals surface area (Å²) < 4.78 is 0. The molecule has 0 saturated carbocycles. The van der Waals surface area contributed by atoms with Crippen LogP contribution in [0.1, 0.15) is 25.0 Å². The molecule has 0 aromatic carbocycles. The second-order valence-corrected chi connectivity index (χ2v) is 6.80. The van der Waals surface area contributed by atoms with Crippen LogP contribution in [-0.2, 0) is 25.6 Å². The summed E-state index contributed by atoms with van der Waals surface area (Å²) in [6.45, 7) is -0.0397. The lowest BCUT2D eigenvalue weighted by molar-refractivity contribution is -0.141. The van der Waals surface area contributed by atoms with Crippen LogP contribution in [0.4, 0.5) is 0 Å². The molecule has 27 heavy (non-hydrogen) atoms. The second kappa shape index (κ2) is 7.74. The number of β-amino-alcohol motifs (C(OH)–C–C–N with tert-alkyl or cyclic N) is 1. The van der Waals surface area contributed by atoms with Crippen LogP contribution in [0.5, 0.6) is 0 Å². The number of nitrogens with zero attached hydrogens (tertiary/aromatic N) is 2. The van der Waals surface area contributed by atoms with Crippen LogP contribution in [0.15, 0.2) is 12.5 Å². The molecule has 3 rings (SSSR count). The van der Waals surface area contributed by atoms with Crippen LogP contribution in [-0.4, -0.2) is 74.4 Å². The number of likely N-dealkylation sites (tertiary alicyclic amines) is 1. The van der Waals surface area contributed by atoms with E-state index in [0.717, 1.165) is 0 Å². The van der Waals surface area contributed by atoms with Crippen molar-refractivity contribution in [3.05, 3.63) is 18.2 Å². The van der Waals surface area contributed by atoms with Gasteiger partial charge in [0.25, 0.3) is 0 Å². The van der Waals surface area contributed by atoms with Gasteiger partial charge in [-0.1, -0.05) is 0 Å². The summed E-state index contributed by atoms with van der Waals surface area (Å²) in [4.78, 5) is 56.4. The highest BCUT2D eigenvalue weighted by atomic mass is 16.3. The van der Waals surface area contributed by atoms with Crippen molar-refractivity contribution in [1.29, 1.82) is 0 Å². The van der Waals surface area contributed by atoms with E-state index in [0.29, 0.717) is 12.1 Å². The van der Waals surface area contributed by atoms with E-state index in [1.54, 1.807) is 0 Å². The first-order chi connectivity index (χ1) is 12.8. The first-order valence-electron chi connectivity index (χ1n) is 8.70. The molecule has 11 nitrogen and oxygen atoms in total. The van der Waals surface area contributed by atoms with Gasteiger partial charge in [0.05, 0.1) is 12.4 Å². The fourth-order valence-corrected chi connectivity index (χ4v) is 3.43. The van der Waals surface area contributed by atoms with E-state index in [-0.39, 0.29) is 31.7 Å². The van der Waals surface area contributed by atoms with Crippen LogP contribution < -0.4 is 16.4 Å². The first-order valence-corrected chi connectivity index (χ1v) is 8.70. The second-order valence-electron chi connectivity index (χ2n) is 6.80. The largest absolute Gasteiger partial charge is 0.391 e. The molecule has 0 radical (unpaired) electrons. The third-order valence-corrected chi connectivity index (χ3v) is 4.80. The summed E-state index contributed by atoms with van der Waals surface area (Å²) in [5, 5.41) is 15.0. The van der Waals surface area contributed by atoms with Crippen molar-refractivity contribution in [2.45, 2.75) is 49.9 Å². The fraction of sp³-hybridized carbons (Fsp3) is 0.562. The number of carbonyl (C=O) groups excluding carboxylic acids is 4. The van der Waals surface area contributed by atoms with Gasteiger partial charge in [-0.05, 0) is 6.42 Å². The Morgan fingerprint density at radius 1 is 1.44 bits per heavy atom.